The van der Waals surface area contributed by atoms with Crippen molar-refractivity contribution in [2.75, 3.05) is 0 Å². The Kier molecular flexibility index (Phi) is 5.82. The maximum absolute atomic E-state index is 10.2. The average Bonchev–Trinajstić information content (AvgIpc) is 2.10. The molecule has 0 aromatic rings. The highest BCUT2D eigenvalue weighted by atomic mass is 28.3. The van der Waals surface area contributed by atoms with Gasteiger partial charge < -0.3 is 5.11 Å². The van der Waals surface area contributed by atoms with Crippen LogP contribution in [-0.2, 0) is 0 Å². The SMILES string of the molecule is CCCC/C=C/C(O)[Si](C)(C)C(C)(C)C. The van der Waals surface area contributed by atoms with Gasteiger partial charge in [-0.2, -0.15) is 0 Å². The van der Waals surface area contributed by atoms with Gasteiger partial charge in [-0.3, -0.25) is 0 Å². The van der Waals surface area contributed by atoms with Gasteiger partial charge in [0.2, 0.25) is 0 Å². The van der Waals surface area contributed by atoms with Crippen LogP contribution < -0.4 is 0 Å². The number of hydrogen-bond donors (Lipinski definition) is 1. The lowest BCUT2D eigenvalue weighted by molar-refractivity contribution is 0.283. The topological polar surface area (TPSA) is 20.2 Å². The Morgan fingerprint density at radius 2 is 1.80 bits per heavy atom. The first-order valence-electron chi connectivity index (χ1n) is 6.08. The molecule has 0 aliphatic carbocycles. The van der Waals surface area contributed by atoms with Crippen LogP contribution in [0.4, 0.5) is 0 Å². The molecule has 0 aromatic heterocycles. The van der Waals surface area contributed by atoms with Crippen LogP contribution in [0.3, 0.4) is 0 Å². The first-order chi connectivity index (χ1) is 6.73. The largest absolute Gasteiger partial charge is 0.393 e. The maximum Gasteiger partial charge on any atom is 0.0914 e. The molecule has 0 radical (unpaired) electrons. The molecule has 0 saturated carbocycles. The number of allylic oxidation sites excluding steroid dienone is 1. The molecule has 0 bridgehead atoms. The number of aliphatic hydroxyl groups excluding tert-OH is 1. The molecule has 90 valence electrons. The molecule has 2 heteroatoms. The van der Waals surface area contributed by atoms with Crippen LogP contribution in [0.25, 0.3) is 0 Å². The van der Waals surface area contributed by atoms with Gasteiger partial charge in [-0.25, -0.2) is 0 Å². The van der Waals surface area contributed by atoms with Gasteiger partial charge in [0.25, 0.3) is 0 Å². The van der Waals surface area contributed by atoms with Crippen molar-refractivity contribution in [2.24, 2.45) is 0 Å². The summed E-state index contributed by atoms with van der Waals surface area (Å²) < 4.78 is 0. The van der Waals surface area contributed by atoms with Gasteiger partial charge in [-0.15, -0.1) is 0 Å². The Labute approximate surface area is 96.6 Å². The van der Waals surface area contributed by atoms with Crippen LogP contribution in [0.1, 0.15) is 47.0 Å². The van der Waals surface area contributed by atoms with Gasteiger partial charge in [0.15, 0.2) is 0 Å². The molecule has 1 nitrogen and oxygen atoms in total. The molecule has 15 heavy (non-hydrogen) atoms. The zero-order chi connectivity index (χ0) is 12.1. The Bertz CT molecular complexity index is 201. The van der Waals surface area contributed by atoms with E-state index in [4.69, 9.17) is 0 Å². The lowest BCUT2D eigenvalue weighted by atomic mass is 10.2. The van der Waals surface area contributed by atoms with Crippen LogP contribution in [0.5, 0.6) is 0 Å². The number of aliphatic hydroxyl groups is 1. The van der Waals surface area contributed by atoms with Crippen LogP contribution in [-0.4, -0.2) is 18.9 Å². The van der Waals surface area contributed by atoms with E-state index in [-0.39, 0.29) is 10.8 Å². The molecule has 1 N–H and O–H groups in total. The van der Waals surface area contributed by atoms with Gasteiger partial charge in [-0.05, 0) is 11.5 Å². The summed E-state index contributed by atoms with van der Waals surface area (Å²) in [4.78, 5) is 0. The highest BCUT2D eigenvalue weighted by Crippen LogP contribution is 2.38. The molecule has 0 aliphatic heterocycles. The predicted octanol–water partition coefficient (Wildman–Crippen LogP) is 4.14. The first kappa shape index (κ1) is 14.9. The fourth-order valence-electron chi connectivity index (χ4n) is 1.23. The minimum absolute atomic E-state index is 0.214. The monoisotopic (exact) mass is 228 g/mol. The third kappa shape index (κ3) is 4.52. The Balaban J connectivity index is 4.31. The van der Waals surface area contributed by atoms with Crippen molar-refractivity contribution >= 4 is 8.07 Å². The minimum atomic E-state index is -1.60. The van der Waals surface area contributed by atoms with Gasteiger partial charge in [0.05, 0.1) is 13.8 Å². The van der Waals surface area contributed by atoms with Crippen molar-refractivity contribution < 1.29 is 5.11 Å². The Hall–Kier alpha value is -0.0831. The summed E-state index contributed by atoms with van der Waals surface area (Å²) in [5.74, 6) is 0. The van der Waals surface area contributed by atoms with Crippen LogP contribution >= 0.6 is 0 Å². The quantitative estimate of drug-likeness (QED) is 0.426. The maximum atomic E-state index is 10.2. The molecule has 1 unspecified atom stereocenters. The Morgan fingerprint density at radius 1 is 1.27 bits per heavy atom. The third-order valence-electron chi connectivity index (χ3n) is 3.72. The smallest absolute Gasteiger partial charge is 0.0914 e. The van der Waals surface area contributed by atoms with Crippen molar-refractivity contribution in [3.05, 3.63) is 12.2 Å². The summed E-state index contributed by atoms with van der Waals surface area (Å²) in [6.07, 6.45) is 7.71. The molecule has 1 atom stereocenters. The van der Waals surface area contributed by atoms with E-state index in [2.05, 4.69) is 46.9 Å². The lowest BCUT2D eigenvalue weighted by Crippen LogP contribution is -2.48. The van der Waals surface area contributed by atoms with Crippen molar-refractivity contribution in [3.8, 4) is 0 Å². The van der Waals surface area contributed by atoms with Crippen LogP contribution in [0.2, 0.25) is 18.1 Å². The second kappa shape index (κ2) is 5.85. The number of rotatable bonds is 5. The molecule has 0 fully saturated rings. The fourth-order valence-corrected chi connectivity index (χ4v) is 2.74. The van der Waals surface area contributed by atoms with E-state index < -0.39 is 8.07 Å². The van der Waals surface area contributed by atoms with Crippen LogP contribution in [0, 0.1) is 0 Å². The number of unbranched alkanes of at least 4 members (excludes halogenated alkanes) is 2. The van der Waals surface area contributed by atoms with Gasteiger partial charge in [-0.1, -0.05) is 65.8 Å². The van der Waals surface area contributed by atoms with Gasteiger partial charge in [0.1, 0.15) is 0 Å². The highest BCUT2D eigenvalue weighted by molar-refractivity contribution is 6.81. The van der Waals surface area contributed by atoms with E-state index in [1.165, 1.54) is 12.8 Å². The van der Waals surface area contributed by atoms with Crippen molar-refractivity contribution in [1.29, 1.82) is 0 Å². The summed E-state index contributed by atoms with van der Waals surface area (Å²) in [5.41, 5.74) is -0.214. The van der Waals surface area contributed by atoms with Gasteiger partial charge >= 0.3 is 0 Å². The third-order valence-corrected chi connectivity index (χ3v) is 9.25. The summed E-state index contributed by atoms with van der Waals surface area (Å²) in [6, 6.07) is 0. The molecule has 0 rings (SSSR count). The van der Waals surface area contributed by atoms with E-state index >= 15 is 0 Å². The fraction of sp³-hybridized carbons (Fsp3) is 0.846. The normalized spacial score (nSPS) is 15.9. The summed E-state index contributed by atoms with van der Waals surface area (Å²) in [5, 5.41) is 10.4. The predicted molar refractivity (Wildman–Crippen MR) is 71.9 cm³/mol. The molecule has 0 aliphatic rings. The summed E-state index contributed by atoms with van der Waals surface area (Å²) in [7, 11) is -1.60. The van der Waals surface area contributed by atoms with Crippen molar-refractivity contribution in [2.45, 2.75) is 70.8 Å². The second-order valence-corrected chi connectivity index (χ2v) is 11.5. The Morgan fingerprint density at radius 3 is 2.20 bits per heavy atom. The van der Waals surface area contributed by atoms with E-state index in [0.29, 0.717) is 0 Å². The minimum Gasteiger partial charge on any atom is -0.393 e. The molecule has 0 heterocycles. The van der Waals surface area contributed by atoms with E-state index in [1.807, 2.05) is 6.08 Å². The summed E-state index contributed by atoms with van der Waals surface area (Å²) >= 11 is 0. The van der Waals surface area contributed by atoms with E-state index in [0.717, 1.165) is 6.42 Å². The summed E-state index contributed by atoms with van der Waals surface area (Å²) in [6.45, 7) is 13.4. The molecular weight excluding hydrogens is 200 g/mol. The first-order valence-corrected chi connectivity index (χ1v) is 9.16. The van der Waals surface area contributed by atoms with Gasteiger partial charge in [0, 0.05) is 0 Å². The van der Waals surface area contributed by atoms with E-state index in [9.17, 15) is 5.11 Å². The molecular formula is C13H28OSi. The zero-order valence-electron chi connectivity index (χ0n) is 11.3. The lowest BCUT2D eigenvalue weighted by Gasteiger charge is -2.39. The van der Waals surface area contributed by atoms with E-state index in [1.54, 1.807) is 0 Å². The number of hydrogen-bond acceptors (Lipinski definition) is 1. The average molecular weight is 228 g/mol. The van der Waals surface area contributed by atoms with Crippen LogP contribution in [0.15, 0.2) is 12.2 Å². The second-order valence-electron chi connectivity index (χ2n) is 5.99. The molecule has 0 aromatic carbocycles. The molecule has 0 saturated heterocycles. The van der Waals surface area contributed by atoms with Crippen molar-refractivity contribution in [1.82, 2.24) is 0 Å². The zero-order valence-corrected chi connectivity index (χ0v) is 12.3. The standard InChI is InChI=1S/C13H28OSi/c1-7-8-9-10-11-12(14)15(5,6)13(2,3)4/h10-12,14H,7-9H2,1-6H3/b11-10+. The van der Waals surface area contributed by atoms with Crippen molar-refractivity contribution in [3.63, 3.8) is 0 Å². The molecule has 0 amide bonds. The molecule has 0 spiro atoms. The highest BCUT2D eigenvalue weighted by Gasteiger charge is 2.40.